The van der Waals surface area contributed by atoms with Crippen LogP contribution in [0.4, 0.5) is 65.9 Å². The van der Waals surface area contributed by atoms with Gasteiger partial charge in [0.25, 0.3) is 10.7 Å². The van der Waals surface area contributed by atoms with Gasteiger partial charge in [0.15, 0.2) is 52.4 Å². The largest absolute Gasteiger partial charge is 0.463 e. The molecule has 0 amide bonds. The summed E-state index contributed by atoms with van der Waals surface area (Å²) in [6, 6.07) is 0. The molecule has 0 N–H and O–H groups in total. The molecule has 0 unspecified atom stereocenters. The van der Waals surface area contributed by atoms with Crippen molar-refractivity contribution in [2.75, 3.05) is 0 Å². The van der Waals surface area contributed by atoms with Crippen LogP contribution in [0, 0.1) is 87.3 Å². The molecule has 3 aromatic rings. The Labute approximate surface area is 279 Å². The molecular formula is C30H27BF15O2PS. The lowest BCUT2D eigenvalue weighted by atomic mass is 9.28. The lowest BCUT2D eigenvalue weighted by molar-refractivity contribution is 0.376. The molecule has 20 heteroatoms. The van der Waals surface area contributed by atoms with E-state index in [1.165, 1.54) is 62.3 Å². The summed E-state index contributed by atoms with van der Waals surface area (Å²) < 4.78 is 248. The van der Waals surface area contributed by atoms with Crippen molar-refractivity contribution < 1.29 is 74.2 Å². The van der Waals surface area contributed by atoms with Gasteiger partial charge in [-0.2, -0.15) is 4.21 Å². The molecule has 50 heavy (non-hydrogen) atoms. The SMILES string of the molecule is CC(C)(C)[P+]([S@](=O)O[B-](c1c(F)c(F)c(F)c(F)c1F)(c1c(F)c(F)c(F)c(F)c1F)c1c(F)c(F)c(F)c(F)c1F)(C(C)(C)C)C(C)(C)C. The van der Waals surface area contributed by atoms with E-state index in [-0.39, 0.29) is 0 Å². The van der Waals surface area contributed by atoms with Crippen molar-refractivity contribution in [1.82, 2.24) is 0 Å². The van der Waals surface area contributed by atoms with Gasteiger partial charge >= 0.3 is 0 Å². The summed E-state index contributed by atoms with van der Waals surface area (Å²) in [5.74, 6) is -47.7. The molecule has 0 bridgehead atoms. The zero-order valence-electron chi connectivity index (χ0n) is 27.4. The van der Waals surface area contributed by atoms with Crippen molar-refractivity contribution in [3.8, 4) is 0 Å². The van der Waals surface area contributed by atoms with Gasteiger partial charge in [-0.3, -0.25) is 0 Å². The van der Waals surface area contributed by atoms with E-state index in [2.05, 4.69) is 0 Å². The van der Waals surface area contributed by atoms with E-state index in [1.54, 1.807) is 0 Å². The number of benzene rings is 3. The van der Waals surface area contributed by atoms with Crippen molar-refractivity contribution in [2.45, 2.75) is 77.8 Å². The minimum absolute atomic E-state index is 1.36. The second-order valence-electron chi connectivity index (χ2n) is 14.2. The molecule has 0 aliphatic rings. The van der Waals surface area contributed by atoms with E-state index in [1.807, 2.05) is 0 Å². The predicted octanol–water partition coefficient (Wildman–Crippen LogP) is 8.75. The van der Waals surface area contributed by atoms with E-state index in [9.17, 15) is 43.7 Å². The smallest absolute Gasteiger partial charge is 0.259 e. The fraction of sp³-hybridized carbons (Fsp3) is 0.400. The molecule has 278 valence electrons. The zero-order valence-corrected chi connectivity index (χ0v) is 29.1. The van der Waals surface area contributed by atoms with Gasteiger partial charge in [0.2, 0.25) is 6.35 Å². The molecule has 0 aromatic heterocycles. The van der Waals surface area contributed by atoms with E-state index in [4.69, 9.17) is 4.10 Å². The third-order valence-corrected chi connectivity index (χ3v) is 21.3. The third-order valence-electron chi connectivity index (χ3n) is 8.24. The molecule has 0 fully saturated rings. The van der Waals surface area contributed by atoms with Crippen molar-refractivity contribution in [1.29, 1.82) is 0 Å². The molecule has 0 spiro atoms. The van der Waals surface area contributed by atoms with Gasteiger partial charge in [0.05, 0.1) is 15.5 Å². The Morgan fingerprint density at radius 3 is 0.700 bits per heavy atom. The molecule has 3 rings (SSSR count). The van der Waals surface area contributed by atoms with Crippen molar-refractivity contribution in [2.24, 2.45) is 0 Å². The molecule has 0 aliphatic carbocycles. The molecule has 0 saturated carbocycles. The van der Waals surface area contributed by atoms with Crippen molar-refractivity contribution in [3.63, 3.8) is 0 Å². The highest BCUT2D eigenvalue weighted by Crippen LogP contribution is 2.85. The Hall–Kier alpha value is -2.79. The Balaban J connectivity index is 3.01. The molecule has 0 saturated heterocycles. The molecule has 2 nitrogen and oxygen atoms in total. The van der Waals surface area contributed by atoms with Crippen LogP contribution in [0.5, 0.6) is 0 Å². The highest BCUT2D eigenvalue weighted by atomic mass is 32.8. The average Bonchev–Trinajstić information content (AvgIpc) is 2.97. The van der Waals surface area contributed by atoms with Gasteiger partial charge in [-0.1, -0.05) is 16.4 Å². The maximum absolute atomic E-state index is 15.9. The summed E-state index contributed by atoms with van der Waals surface area (Å²) in [5, 5.41) is -4.34. The summed E-state index contributed by atoms with van der Waals surface area (Å²) in [7, 11) is -3.68. The fourth-order valence-corrected chi connectivity index (χ4v) is 20.2. The number of hydrogen-bond donors (Lipinski definition) is 0. The van der Waals surface area contributed by atoms with Crippen LogP contribution in [0.25, 0.3) is 0 Å². The lowest BCUT2D eigenvalue weighted by Crippen LogP contribution is -2.75. The summed E-state index contributed by atoms with van der Waals surface area (Å²) in [4.78, 5) is 0. The van der Waals surface area contributed by atoms with Gasteiger partial charge in [-0.05, 0) is 62.3 Å². The lowest BCUT2D eigenvalue weighted by Gasteiger charge is -2.54. The highest BCUT2D eigenvalue weighted by Gasteiger charge is 2.71. The minimum Gasteiger partial charge on any atom is -0.463 e. The normalized spacial score (nSPS) is 14.1. The predicted molar refractivity (Wildman–Crippen MR) is 159 cm³/mol. The summed E-state index contributed by atoms with van der Waals surface area (Å²) >= 11 is 0. The van der Waals surface area contributed by atoms with Gasteiger partial charge in [-0.25, -0.2) is 65.9 Å². The number of rotatable bonds is 6. The van der Waals surface area contributed by atoms with Crippen molar-refractivity contribution >= 4 is 39.9 Å². The van der Waals surface area contributed by atoms with Gasteiger partial charge in [0.1, 0.15) is 41.4 Å². The first-order chi connectivity index (χ1) is 22.4. The van der Waals surface area contributed by atoms with Crippen LogP contribution in [0.3, 0.4) is 0 Å². The van der Waals surface area contributed by atoms with Gasteiger partial charge in [0, 0.05) is 0 Å². The summed E-state index contributed by atoms with van der Waals surface area (Å²) in [6.45, 7) is 8.23. The third kappa shape index (κ3) is 5.64. The van der Waals surface area contributed by atoms with Crippen LogP contribution in [0.1, 0.15) is 62.3 Å². The zero-order chi connectivity index (χ0) is 39.2. The molecular weight excluding hydrogens is 751 g/mol. The van der Waals surface area contributed by atoms with Crippen LogP contribution in [0.2, 0.25) is 0 Å². The molecule has 3 aromatic carbocycles. The second-order valence-corrected chi connectivity index (χ2v) is 22.6. The maximum atomic E-state index is 15.9. The highest BCUT2D eigenvalue weighted by molar-refractivity contribution is 8.53. The van der Waals surface area contributed by atoms with E-state index < -0.39 is 143 Å². The number of hydrogen-bond acceptors (Lipinski definition) is 2. The van der Waals surface area contributed by atoms with Crippen LogP contribution < -0.4 is 16.4 Å². The van der Waals surface area contributed by atoms with E-state index >= 15 is 26.3 Å². The van der Waals surface area contributed by atoms with Crippen LogP contribution in [0.15, 0.2) is 0 Å². The first kappa shape index (κ1) is 41.6. The quantitative estimate of drug-likeness (QED) is 0.0824. The monoisotopic (exact) mass is 778 g/mol. The fourth-order valence-electron chi connectivity index (χ4n) is 7.39. The Morgan fingerprint density at radius 2 is 0.540 bits per heavy atom. The second kappa shape index (κ2) is 13.0. The van der Waals surface area contributed by atoms with Crippen LogP contribution in [-0.2, 0) is 14.8 Å². The summed E-state index contributed by atoms with van der Waals surface area (Å²) in [5.41, 5.74) is -8.93. The van der Waals surface area contributed by atoms with E-state index in [0.717, 1.165) is 0 Å². The van der Waals surface area contributed by atoms with Crippen LogP contribution >= 0.6 is 6.46 Å². The van der Waals surface area contributed by atoms with Gasteiger partial charge in [-0.15, -0.1) is 0 Å². The molecule has 0 radical (unpaired) electrons. The molecule has 1 atom stereocenters. The molecule has 0 heterocycles. The van der Waals surface area contributed by atoms with Gasteiger partial charge < -0.3 is 4.10 Å². The summed E-state index contributed by atoms with van der Waals surface area (Å²) in [6.07, 6.45) is -6.46. The first-order valence-corrected chi connectivity index (χ1v) is 17.6. The topological polar surface area (TPSA) is 26.3 Å². The Kier molecular flexibility index (Phi) is 10.8. The first-order valence-electron chi connectivity index (χ1n) is 14.1. The molecule has 0 aliphatic heterocycles. The van der Waals surface area contributed by atoms with E-state index in [0.29, 0.717) is 0 Å². The number of halogens is 15. The minimum atomic E-state index is -6.46. The average molecular weight is 778 g/mol. The van der Waals surface area contributed by atoms with Crippen molar-refractivity contribution in [3.05, 3.63) is 87.3 Å². The maximum Gasteiger partial charge on any atom is 0.259 e. The Bertz CT molecular complexity index is 1640. The standard InChI is InChI=1S/C30H27BF15O2PS/c1-28(2,3)49(29(4,5)6,30(7,8)9)50(47)48-31(10-13(32)19(38)25(44)20(39)14(10)33,11-15(34)21(40)26(45)22(41)16(11)35)12-17(36)23(42)27(46)24(43)18(12)37/h1-9H3/t50-/m1/s1. The van der Waals surface area contributed by atoms with Crippen LogP contribution in [-0.4, -0.2) is 26.0 Å². The Morgan fingerprint density at radius 1 is 0.380 bits per heavy atom.